The Morgan fingerprint density at radius 1 is 1.42 bits per heavy atom. The van der Waals surface area contributed by atoms with E-state index in [0.29, 0.717) is 18.0 Å². The molecule has 2 amide bonds. The fourth-order valence-electron chi connectivity index (χ4n) is 1.59. The summed E-state index contributed by atoms with van der Waals surface area (Å²) < 4.78 is 5.09. The van der Waals surface area contributed by atoms with Gasteiger partial charge in [0.15, 0.2) is 0 Å². The summed E-state index contributed by atoms with van der Waals surface area (Å²) in [6.45, 7) is 2.59. The molecule has 0 radical (unpaired) electrons. The lowest BCUT2D eigenvalue weighted by molar-refractivity contribution is 0.0697. The number of benzene rings is 1. The van der Waals surface area contributed by atoms with Crippen molar-refractivity contribution >= 4 is 17.7 Å². The molecule has 0 aromatic heterocycles. The minimum atomic E-state index is -1.06. The summed E-state index contributed by atoms with van der Waals surface area (Å²) in [5.41, 5.74) is 0.435. The Morgan fingerprint density at radius 3 is 2.63 bits per heavy atom. The average Bonchev–Trinajstić information content (AvgIpc) is 2.38. The van der Waals surface area contributed by atoms with E-state index < -0.39 is 5.97 Å². The van der Waals surface area contributed by atoms with Crippen molar-refractivity contribution in [3.05, 3.63) is 23.8 Å². The summed E-state index contributed by atoms with van der Waals surface area (Å²) in [7, 11) is 3.13. The summed E-state index contributed by atoms with van der Waals surface area (Å²) in [5, 5.41) is 11.6. The van der Waals surface area contributed by atoms with Gasteiger partial charge in [-0.05, 0) is 24.6 Å². The van der Waals surface area contributed by atoms with Gasteiger partial charge in [0.05, 0.1) is 18.4 Å². The van der Waals surface area contributed by atoms with Crippen LogP contribution in [0.3, 0.4) is 0 Å². The monoisotopic (exact) mass is 266 g/mol. The van der Waals surface area contributed by atoms with E-state index in [-0.39, 0.29) is 11.6 Å². The van der Waals surface area contributed by atoms with Gasteiger partial charge in [0.2, 0.25) is 0 Å². The van der Waals surface area contributed by atoms with Crippen molar-refractivity contribution in [2.75, 3.05) is 26.0 Å². The quantitative estimate of drug-likeness (QED) is 0.856. The number of urea groups is 1. The van der Waals surface area contributed by atoms with E-state index in [1.807, 2.05) is 6.92 Å². The van der Waals surface area contributed by atoms with Gasteiger partial charge in [-0.25, -0.2) is 9.59 Å². The number of carboxylic acids is 1. The van der Waals surface area contributed by atoms with Crippen LogP contribution in [-0.2, 0) is 0 Å². The number of rotatable bonds is 5. The van der Waals surface area contributed by atoms with E-state index in [0.717, 1.165) is 6.42 Å². The first-order valence-corrected chi connectivity index (χ1v) is 5.93. The van der Waals surface area contributed by atoms with Gasteiger partial charge in [-0.3, -0.25) is 0 Å². The third-order valence-corrected chi connectivity index (χ3v) is 2.59. The predicted octanol–water partition coefficient (Wildman–Crippen LogP) is 2.27. The van der Waals surface area contributed by atoms with Crippen LogP contribution in [0.2, 0.25) is 0 Å². The second-order valence-corrected chi connectivity index (χ2v) is 4.07. The first-order valence-electron chi connectivity index (χ1n) is 5.93. The number of anilines is 1. The highest BCUT2D eigenvalue weighted by Crippen LogP contribution is 2.25. The smallest absolute Gasteiger partial charge is 0.335 e. The largest absolute Gasteiger partial charge is 0.495 e. The number of ether oxygens (including phenoxy) is 1. The van der Waals surface area contributed by atoms with Gasteiger partial charge < -0.3 is 20.1 Å². The van der Waals surface area contributed by atoms with E-state index >= 15 is 0 Å². The molecule has 0 saturated heterocycles. The van der Waals surface area contributed by atoms with E-state index in [1.54, 1.807) is 7.05 Å². The van der Waals surface area contributed by atoms with Crippen molar-refractivity contribution in [3.63, 3.8) is 0 Å². The normalized spacial score (nSPS) is 9.84. The van der Waals surface area contributed by atoms with Crippen LogP contribution in [0.15, 0.2) is 18.2 Å². The number of hydrogen-bond donors (Lipinski definition) is 2. The number of carbonyl (C=O) groups excluding carboxylic acids is 1. The van der Waals surface area contributed by atoms with Crippen LogP contribution in [0.4, 0.5) is 10.5 Å². The van der Waals surface area contributed by atoms with Crippen LogP contribution in [0.5, 0.6) is 5.75 Å². The summed E-state index contributed by atoms with van der Waals surface area (Å²) in [4.78, 5) is 24.3. The highest BCUT2D eigenvalue weighted by atomic mass is 16.5. The number of carboxylic acid groups (broad SMARTS) is 1. The lowest BCUT2D eigenvalue weighted by Crippen LogP contribution is -2.32. The van der Waals surface area contributed by atoms with Crippen LogP contribution in [0.1, 0.15) is 23.7 Å². The minimum absolute atomic E-state index is 0.0919. The zero-order chi connectivity index (χ0) is 14.4. The van der Waals surface area contributed by atoms with Crippen LogP contribution in [0.25, 0.3) is 0 Å². The third kappa shape index (κ3) is 3.87. The van der Waals surface area contributed by atoms with Crippen molar-refractivity contribution in [2.24, 2.45) is 0 Å². The van der Waals surface area contributed by atoms with Gasteiger partial charge in [0.25, 0.3) is 0 Å². The van der Waals surface area contributed by atoms with Crippen LogP contribution in [0, 0.1) is 0 Å². The molecule has 0 aliphatic rings. The predicted molar refractivity (Wildman–Crippen MR) is 71.9 cm³/mol. The van der Waals surface area contributed by atoms with E-state index in [1.165, 1.54) is 30.2 Å². The lowest BCUT2D eigenvalue weighted by atomic mass is 10.2. The Kier molecular flexibility index (Phi) is 5.17. The molecule has 1 aromatic carbocycles. The summed E-state index contributed by atoms with van der Waals surface area (Å²) in [6.07, 6.45) is 0.843. The van der Waals surface area contributed by atoms with Gasteiger partial charge in [0, 0.05) is 13.6 Å². The fourth-order valence-corrected chi connectivity index (χ4v) is 1.59. The molecule has 0 fully saturated rings. The molecule has 1 rings (SSSR count). The number of hydrogen-bond acceptors (Lipinski definition) is 3. The molecule has 1 aromatic rings. The number of aromatic carboxylic acids is 1. The molecular weight excluding hydrogens is 248 g/mol. The number of nitrogens with zero attached hydrogens (tertiary/aromatic N) is 1. The molecular formula is C13H18N2O4. The Balaban J connectivity index is 2.94. The fraction of sp³-hybridized carbons (Fsp3) is 0.385. The Morgan fingerprint density at radius 2 is 2.11 bits per heavy atom. The molecule has 19 heavy (non-hydrogen) atoms. The second-order valence-electron chi connectivity index (χ2n) is 4.07. The van der Waals surface area contributed by atoms with Gasteiger partial charge >= 0.3 is 12.0 Å². The van der Waals surface area contributed by atoms with E-state index in [9.17, 15) is 9.59 Å². The molecule has 0 bridgehead atoms. The molecule has 2 N–H and O–H groups in total. The standard InChI is InChI=1S/C13H18N2O4/c1-4-7-15(2)13(18)14-10-8-9(12(16)17)5-6-11(10)19-3/h5-6,8H,4,7H2,1-3H3,(H,14,18)(H,16,17). The number of nitrogens with one attached hydrogen (secondary N) is 1. The lowest BCUT2D eigenvalue weighted by Gasteiger charge is -2.18. The Labute approximate surface area is 112 Å². The topological polar surface area (TPSA) is 78.9 Å². The molecule has 104 valence electrons. The molecule has 0 spiro atoms. The highest BCUT2D eigenvalue weighted by molar-refractivity contribution is 5.94. The van der Waals surface area contributed by atoms with Crippen molar-refractivity contribution in [2.45, 2.75) is 13.3 Å². The number of methoxy groups -OCH3 is 1. The zero-order valence-corrected chi connectivity index (χ0v) is 11.3. The summed E-state index contributed by atoms with van der Waals surface area (Å²) in [6, 6.07) is 4.01. The average molecular weight is 266 g/mol. The Hall–Kier alpha value is -2.24. The van der Waals surface area contributed by atoms with E-state index in [4.69, 9.17) is 9.84 Å². The molecule has 0 saturated carbocycles. The molecule has 0 aliphatic heterocycles. The molecule has 6 heteroatoms. The molecule has 0 atom stereocenters. The number of carbonyl (C=O) groups is 2. The van der Waals surface area contributed by atoms with Crippen LogP contribution in [-0.4, -0.2) is 42.7 Å². The van der Waals surface area contributed by atoms with Crippen molar-refractivity contribution < 1.29 is 19.4 Å². The van der Waals surface area contributed by atoms with Gasteiger partial charge in [0.1, 0.15) is 5.75 Å². The molecule has 0 unspecified atom stereocenters. The van der Waals surface area contributed by atoms with Gasteiger partial charge in [-0.2, -0.15) is 0 Å². The zero-order valence-electron chi connectivity index (χ0n) is 11.3. The Bertz CT molecular complexity index is 474. The SMILES string of the molecule is CCCN(C)C(=O)Nc1cc(C(=O)O)ccc1OC. The maximum Gasteiger partial charge on any atom is 0.335 e. The van der Waals surface area contributed by atoms with Gasteiger partial charge in [-0.15, -0.1) is 0 Å². The highest BCUT2D eigenvalue weighted by Gasteiger charge is 2.13. The van der Waals surface area contributed by atoms with E-state index in [2.05, 4.69) is 5.32 Å². The minimum Gasteiger partial charge on any atom is -0.495 e. The first-order chi connectivity index (χ1) is 8.99. The van der Waals surface area contributed by atoms with Crippen LogP contribution < -0.4 is 10.1 Å². The number of amides is 2. The maximum atomic E-state index is 11.9. The summed E-state index contributed by atoms with van der Waals surface area (Å²) >= 11 is 0. The third-order valence-electron chi connectivity index (χ3n) is 2.59. The van der Waals surface area contributed by atoms with Crippen molar-refractivity contribution in [1.82, 2.24) is 4.90 Å². The molecule has 6 nitrogen and oxygen atoms in total. The van der Waals surface area contributed by atoms with Crippen molar-refractivity contribution in [3.8, 4) is 5.75 Å². The van der Waals surface area contributed by atoms with Crippen molar-refractivity contribution in [1.29, 1.82) is 0 Å². The molecule has 0 aliphatic carbocycles. The second kappa shape index (κ2) is 6.63. The molecule has 0 heterocycles. The maximum absolute atomic E-state index is 11.9. The summed E-state index contributed by atoms with van der Waals surface area (Å²) in [5.74, 6) is -0.636. The first kappa shape index (κ1) is 14.8. The van der Waals surface area contributed by atoms with Gasteiger partial charge in [-0.1, -0.05) is 6.92 Å². The van der Waals surface area contributed by atoms with Crippen LogP contribution >= 0.6 is 0 Å².